The van der Waals surface area contributed by atoms with E-state index in [1.165, 1.54) is 18.2 Å². The molecule has 0 unspecified atom stereocenters. The number of anilines is 1. The summed E-state index contributed by atoms with van der Waals surface area (Å²) in [4.78, 5) is 11.8. The largest absolute Gasteiger partial charge is 0.374 e. The number of hydrogen-bond acceptors (Lipinski definition) is 2. The average Bonchev–Trinajstić information content (AvgIpc) is 2.47. The Morgan fingerprint density at radius 1 is 1.24 bits per heavy atom. The number of nitrogens with one attached hydrogen (secondary N) is 2. The molecule has 110 valence electrons. The summed E-state index contributed by atoms with van der Waals surface area (Å²) in [5.74, 6) is -0.649. The van der Waals surface area contributed by atoms with Crippen LogP contribution in [0.25, 0.3) is 0 Å². The highest BCUT2D eigenvalue weighted by atomic mass is 35.5. The molecule has 21 heavy (non-hydrogen) atoms. The minimum atomic E-state index is -0.439. The molecule has 0 spiro atoms. The van der Waals surface area contributed by atoms with Crippen LogP contribution in [0.3, 0.4) is 0 Å². The van der Waals surface area contributed by atoms with Crippen LogP contribution in [-0.4, -0.2) is 12.5 Å². The summed E-state index contributed by atoms with van der Waals surface area (Å²) >= 11 is 5.78. The maximum atomic E-state index is 13.5. The van der Waals surface area contributed by atoms with Crippen molar-refractivity contribution < 1.29 is 9.18 Å². The highest BCUT2D eigenvalue weighted by Gasteiger charge is 2.06. The van der Waals surface area contributed by atoms with E-state index in [0.29, 0.717) is 11.6 Å². The molecular formula is C16H16ClFN2O. The fourth-order valence-corrected chi connectivity index (χ4v) is 2.05. The van der Waals surface area contributed by atoms with Crippen molar-refractivity contribution in [3.05, 3.63) is 64.4 Å². The maximum Gasteiger partial charge on any atom is 0.239 e. The molecule has 0 aromatic heterocycles. The number of hydrogen-bond donors (Lipinski definition) is 2. The molecule has 0 aliphatic rings. The van der Waals surface area contributed by atoms with Crippen LogP contribution in [0.5, 0.6) is 0 Å². The Kier molecular flexibility index (Phi) is 5.17. The predicted molar refractivity (Wildman–Crippen MR) is 82.9 cm³/mol. The lowest BCUT2D eigenvalue weighted by Gasteiger charge is -2.10. The van der Waals surface area contributed by atoms with Gasteiger partial charge in [-0.25, -0.2) is 4.39 Å². The molecular weight excluding hydrogens is 291 g/mol. The first-order chi connectivity index (χ1) is 10.1. The topological polar surface area (TPSA) is 41.1 Å². The van der Waals surface area contributed by atoms with Crippen molar-refractivity contribution in [3.63, 3.8) is 0 Å². The quantitative estimate of drug-likeness (QED) is 0.887. The maximum absolute atomic E-state index is 13.5. The third-order valence-corrected chi connectivity index (χ3v) is 3.34. The second-order valence-corrected chi connectivity index (χ2v) is 5.12. The zero-order valence-corrected chi connectivity index (χ0v) is 12.4. The summed E-state index contributed by atoms with van der Waals surface area (Å²) in [6, 6.07) is 12.0. The third-order valence-electron chi connectivity index (χ3n) is 3.11. The number of benzene rings is 2. The third kappa shape index (κ3) is 4.46. The molecule has 0 heterocycles. The highest BCUT2D eigenvalue weighted by molar-refractivity contribution is 6.30. The van der Waals surface area contributed by atoms with Gasteiger partial charge in [-0.05, 0) is 36.2 Å². The van der Waals surface area contributed by atoms with E-state index in [-0.39, 0.29) is 18.1 Å². The van der Waals surface area contributed by atoms with Crippen molar-refractivity contribution in [2.24, 2.45) is 0 Å². The first-order valence-electron chi connectivity index (χ1n) is 6.56. The van der Waals surface area contributed by atoms with Crippen molar-refractivity contribution >= 4 is 23.2 Å². The van der Waals surface area contributed by atoms with Crippen LogP contribution in [0.1, 0.15) is 11.1 Å². The summed E-state index contributed by atoms with van der Waals surface area (Å²) < 4.78 is 13.5. The molecule has 2 rings (SSSR count). The van der Waals surface area contributed by atoms with Gasteiger partial charge in [0.05, 0.1) is 12.2 Å². The van der Waals surface area contributed by atoms with Crippen molar-refractivity contribution in [2.45, 2.75) is 13.5 Å². The van der Waals surface area contributed by atoms with E-state index in [2.05, 4.69) is 10.6 Å². The standard InChI is InChI=1S/C16H16ClFN2O/c1-11-4-2-3-5-12(11)9-20-16(21)10-19-15-8-13(17)6-7-14(15)18/h2-8,19H,9-10H2,1H3,(H,20,21). The lowest BCUT2D eigenvalue weighted by molar-refractivity contribution is -0.119. The molecule has 0 atom stereocenters. The molecule has 0 aliphatic carbocycles. The van der Waals surface area contributed by atoms with E-state index in [1.807, 2.05) is 31.2 Å². The average molecular weight is 307 g/mol. The van der Waals surface area contributed by atoms with Gasteiger partial charge in [0.2, 0.25) is 5.91 Å². The predicted octanol–water partition coefficient (Wildman–Crippen LogP) is 3.52. The number of aryl methyl sites for hydroxylation is 1. The van der Waals surface area contributed by atoms with Crippen LogP contribution in [-0.2, 0) is 11.3 Å². The molecule has 0 bridgehead atoms. The Hall–Kier alpha value is -2.07. The zero-order chi connectivity index (χ0) is 15.2. The van der Waals surface area contributed by atoms with Gasteiger partial charge in [0.1, 0.15) is 5.82 Å². The Bertz CT molecular complexity index is 646. The minimum absolute atomic E-state index is 0.0108. The lowest BCUT2D eigenvalue weighted by Crippen LogP contribution is -2.29. The second kappa shape index (κ2) is 7.09. The molecule has 2 N–H and O–H groups in total. The molecule has 1 amide bonds. The van der Waals surface area contributed by atoms with Crippen LogP contribution >= 0.6 is 11.6 Å². The van der Waals surface area contributed by atoms with Gasteiger partial charge >= 0.3 is 0 Å². The molecule has 2 aromatic carbocycles. The fourth-order valence-electron chi connectivity index (χ4n) is 1.87. The van der Waals surface area contributed by atoms with E-state index >= 15 is 0 Å². The summed E-state index contributed by atoms with van der Waals surface area (Å²) in [7, 11) is 0. The van der Waals surface area contributed by atoms with Gasteiger partial charge in [0, 0.05) is 11.6 Å². The van der Waals surface area contributed by atoms with Crippen LogP contribution in [0.15, 0.2) is 42.5 Å². The smallest absolute Gasteiger partial charge is 0.239 e. The van der Waals surface area contributed by atoms with Crippen LogP contribution < -0.4 is 10.6 Å². The van der Waals surface area contributed by atoms with Gasteiger partial charge in [0.25, 0.3) is 0 Å². The molecule has 3 nitrogen and oxygen atoms in total. The summed E-state index contributed by atoms with van der Waals surface area (Å²) in [5, 5.41) is 5.94. The molecule has 5 heteroatoms. The molecule has 0 radical (unpaired) electrons. The van der Waals surface area contributed by atoms with Gasteiger partial charge in [-0.3, -0.25) is 4.79 Å². The van der Waals surface area contributed by atoms with E-state index in [9.17, 15) is 9.18 Å². The van der Waals surface area contributed by atoms with E-state index in [4.69, 9.17) is 11.6 Å². The number of amides is 1. The molecule has 0 fully saturated rings. The molecule has 0 saturated heterocycles. The minimum Gasteiger partial charge on any atom is -0.374 e. The highest BCUT2D eigenvalue weighted by Crippen LogP contribution is 2.19. The number of carbonyl (C=O) groups excluding carboxylic acids is 1. The van der Waals surface area contributed by atoms with E-state index < -0.39 is 5.82 Å². The van der Waals surface area contributed by atoms with Gasteiger partial charge in [0.15, 0.2) is 0 Å². The van der Waals surface area contributed by atoms with Gasteiger partial charge in [-0.2, -0.15) is 0 Å². The second-order valence-electron chi connectivity index (χ2n) is 4.68. The number of rotatable bonds is 5. The Labute approximate surface area is 128 Å². The van der Waals surface area contributed by atoms with Gasteiger partial charge in [-0.1, -0.05) is 35.9 Å². The first kappa shape index (κ1) is 15.3. The van der Waals surface area contributed by atoms with Gasteiger partial charge < -0.3 is 10.6 Å². The normalized spacial score (nSPS) is 10.2. The summed E-state index contributed by atoms with van der Waals surface area (Å²) in [6.45, 7) is 2.43. The molecule has 2 aromatic rings. The SMILES string of the molecule is Cc1ccccc1CNC(=O)CNc1cc(Cl)ccc1F. The van der Waals surface area contributed by atoms with Crippen LogP contribution in [0, 0.1) is 12.7 Å². The monoisotopic (exact) mass is 306 g/mol. The van der Waals surface area contributed by atoms with Crippen molar-refractivity contribution in [2.75, 3.05) is 11.9 Å². The van der Waals surface area contributed by atoms with Crippen LogP contribution in [0.4, 0.5) is 10.1 Å². The number of carbonyl (C=O) groups is 1. The van der Waals surface area contributed by atoms with Crippen molar-refractivity contribution in [1.29, 1.82) is 0 Å². The fraction of sp³-hybridized carbons (Fsp3) is 0.188. The van der Waals surface area contributed by atoms with E-state index in [0.717, 1.165) is 11.1 Å². The number of halogens is 2. The molecule has 0 aliphatic heterocycles. The van der Waals surface area contributed by atoms with Crippen molar-refractivity contribution in [3.8, 4) is 0 Å². The lowest BCUT2D eigenvalue weighted by atomic mass is 10.1. The van der Waals surface area contributed by atoms with Gasteiger partial charge in [-0.15, -0.1) is 0 Å². The van der Waals surface area contributed by atoms with E-state index in [1.54, 1.807) is 0 Å². The van der Waals surface area contributed by atoms with Crippen LogP contribution in [0.2, 0.25) is 5.02 Å². The Morgan fingerprint density at radius 2 is 2.00 bits per heavy atom. The molecule has 0 saturated carbocycles. The Balaban J connectivity index is 1.85. The Morgan fingerprint density at radius 3 is 2.76 bits per heavy atom. The zero-order valence-electron chi connectivity index (χ0n) is 11.6. The van der Waals surface area contributed by atoms with Crippen molar-refractivity contribution in [1.82, 2.24) is 5.32 Å². The summed E-state index contributed by atoms with van der Waals surface area (Å²) in [5.41, 5.74) is 2.39. The first-order valence-corrected chi connectivity index (χ1v) is 6.94. The summed E-state index contributed by atoms with van der Waals surface area (Å²) in [6.07, 6.45) is 0.